The molecule has 3 amide bonds. The van der Waals surface area contributed by atoms with Crippen molar-refractivity contribution in [2.75, 3.05) is 10.6 Å². The normalized spacial score (nSPS) is 16.4. The Morgan fingerprint density at radius 2 is 1.55 bits per heavy atom. The maximum atomic E-state index is 13.8. The summed E-state index contributed by atoms with van der Waals surface area (Å²) in [5.74, 6) is -1.82. The van der Waals surface area contributed by atoms with Gasteiger partial charge in [0.25, 0.3) is 11.8 Å². The maximum absolute atomic E-state index is 13.8. The highest BCUT2D eigenvalue weighted by molar-refractivity contribution is 6.04. The lowest BCUT2D eigenvalue weighted by atomic mass is 10.00. The SMILES string of the molecule is Cc1cccc(C(=O)Nc2ccc([C@H]3OC(=O)N(Cc4ccc(F)cc4)[C@H]3C(=O)Nc3cccc(F)c3)cc2)c1. The number of rotatable bonds is 7. The first-order valence-electron chi connectivity index (χ1n) is 12.5. The van der Waals surface area contributed by atoms with Gasteiger partial charge < -0.3 is 15.4 Å². The lowest BCUT2D eigenvalue weighted by molar-refractivity contribution is -0.121. The van der Waals surface area contributed by atoms with Gasteiger partial charge in [0.1, 0.15) is 11.6 Å². The fourth-order valence-corrected chi connectivity index (χ4v) is 4.52. The molecule has 0 saturated carbocycles. The van der Waals surface area contributed by atoms with Crippen LogP contribution in [0, 0.1) is 18.6 Å². The first kappa shape index (κ1) is 26.6. The summed E-state index contributed by atoms with van der Waals surface area (Å²) in [6.45, 7) is 1.89. The molecule has 0 aromatic heterocycles. The second-order valence-electron chi connectivity index (χ2n) is 9.45. The molecule has 2 atom stereocenters. The standard InChI is InChI=1S/C31H25F2N3O4/c1-19-4-2-5-22(16-19)29(37)34-25-14-10-21(11-15-25)28-27(30(38)35-26-7-3-6-24(33)17-26)36(31(39)40-28)18-20-8-12-23(32)13-9-20/h2-17,27-28H,18H2,1H3,(H,34,37)(H,35,38)/t27-,28-/m1/s1. The van der Waals surface area contributed by atoms with Crippen molar-refractivity contribution in [3.05, 3.63) is 131 Å². The summed E-state index contributed by atoms with van der Waals surface area (Å²) in [7, 11) is 0. The smallest absolute Gasteiger partial charge is 0.411 e. The van der Waals surface area contributed by atoms with E-state index in [1.54, 1.807) is 42.5 Å². The number of halogens is 2. The van der Waals surface area contributed by atoms with Gasteiger partial charge in [0, 0.05) is 16.9 Å². The minimum atomic E-state index is -1.12. The second-order valence-corrected chi connectivity index (χ2v) is 9.45. The van der Waals surface area contributed by atoms with Gasteiger partial charge in [-0.3, -0.25) is 14.5 Å². The predicted octanol–water partition coefficient (Wildman–Crippen LogP) is 6.23. The number of nitrogens with one attached hydrogen (secondary N) is 2. The van der Waals surface area contributed by atoms with Crippen LogP contribution >= 0.6 is 0 Å². The molecule has 1 saturated heterocycles. The van der Waals surface area contributed by atoms with Crippen molar-refractivity contribution in [2.24, 2.45) is 0 Å². The first-order valence-corrected chi connectivity index (χ1v) is 12.5. The number of aryl methyl sites for hydroxylation is 1. The molecule has 0 spiro atoms. The zero-order valence-corrected chi connectivity index (χ0v) is 21.4. The molecule has 0 aliphatic carbocycles. The summed E-state index contributed by atoms with van der Waals surface area (Å²) in [5, 5.41) is 5.49. The quantitative estimate of drug-likeness (QED) is 0.291. The molecule has 4 aromatic rings. The Hall–Kier alpha value is -5.05. The Morgan fingerprint density at radius 3 is 2.25 bits per heavy atom. The van der Waals surface area contributed by atoms with Gasteiger partial charge >= 0.3 is 6.09 Å². The van der Waals surface area contributed by atoms with Crippen molar-refractivity contribution in [3.8, 4) is 0 Å². The number of nitrogens with zero attached hydrogens (tertiary/aromatic N) is 1. The molecule has 7 nitrogen and oxygen atoms in total. The van der Waals surface area contributed by atoms with Crippen LogP contribution < -0.4 is 10.6 Å². The van der Waals surface area contributed by atoms with Gasteiger partial charge in [-0.1, -0.05) is 48.0 Å². The van der Waals surface area contributed by atoms with Crippen molar-refractivity contribution in [2.45, 2.75) is 25.6 Å². The largest absolute Gasteiger partial charge is 0.438 e. The fourth-order valence-electron chi connectivity index (χ4n) is 4.52. The van der Waals surface area contributed by atoms with E-state index in [-0.39, 0.29) is 18.1 Å². The average molecular weight is 542 g/mol. The third-order valence-corrected chi connectivity index (χ3v) is 6.49. The van der Waals surface area contributed by atoms with Crippen molar-refractivity contribution in [1.29, 1.82) is 0 Å². The number of anilines is 2. The van der Waals surface area contributed by atoms with E-state index >= 15 is 0 Å². The molecule has 2 N–H and O–H groups in total. The lowest BCUT2D eigenvalue weighted by Gasteiger charge is -2.24. The van der Waals surface area contributed by atoms with Crippen LogP contribution in [0.2, 0.25) is 0 Å². The van der Waals surface area contributed by atoms with Crippen molar-refractivity contribution >= 4 is 29.3 Å². The summed E-state index contributed by atoms with van der Waals surface area (Å²) in [4.78, 5) is 40.3. The van der Waals surface area contributed by atoms with Gasteiger partial charge in [0.2, 0.25) is 0 Å². The van der Waals surface area contributed by atoms with Gasteiger partial charge in [0.15, 0.2) is 12.1 Å². The molecule has 1 aliphatic heterocycles. The third-order valence-electron chi connectivity index (χ3n) is 6.49. The van der Waals surface area contributed by atoms with Crippen LogP contribution in [0.5, 0.6) is 0 Å². The van der Waals surface area contributed by atoms with Crippen molar-refractivity contribution in [1.82, 2.24) is 4.90 Å². The summed E-state index contributed by atoms with van der Waals surface area (Å²) >= 11 is 0. The molecule has 0 radical (unpaired) electrons. The molecular weight excluding hydrogens is 516 g/mol. The monoisotopic (exact) mass is 541 g/mol. The molecule has 0 unspecified atom stereocenters. The zero-order valence-electron chi connectivity index (χ0n) is 21.4. The summed E-state index contributed by atoms with van der Waals surface area (Å²) in [6, 6.07) is 23.7. The minimum absolute atomic E-state index is 0.0124. The number of ether oxygens (including phenoxy) is 1. The zero-order chi connectivity index (χ0) is 28.2. The molecule has 1 fully saturated rings. The Morgan fingerprint density at radius 1 is 0.825 bits per heavy atom. The van der Waals surface area contributed by atoms with E-state index in [1.807, 2.05) is 13.0 Å². The van der Waals surface area contributed by atoms with Crippen LogP contribution in [-0.2, 0) is 16.1 Å². The lowest BCUT2D eigenvalue weighted by Crippen LogP contribution is -2.43. The maximum Gasteiger partial charge on any atom is 0.411 e. The highest BCUT2D eigenvalue weighted by atomic mass is 19.1. The molecule has 0 bridgehead atoms. The Bertz CT molecular complexity index is 1560. The predicted molar refractivity (Wildman–Crippen MR) is 146 cm³/mol. The number of hydrogen-bond acceptors (Lipinski definition) is 4. The molecule has 5 rings (SSSR count). The van der Waals surface area contributed by atoms with Crippen LogP contribution in [0.1, 0.15) is 33.2 Å². The molecule has 1 heterocycles. The molecule has 1 aliphatic rings. The van der Waals surface area contributed by atoms with Crippen LogP contribution in [0.25, 0.3) is 0 Å². The first-order chi connectivity index (χ1) is 19.3. The highest BCUT2D eigenvalue weighted by Crippen LogP contribution is 2.35. The molecule has 4 aromatic carbocycles. The Labute approximate surface area is 229 Å². The highest BCUT2D eigenvalue weighted by Gasteiger charge is 2.47. The van der Waals surface area contributed by atoms with Gasteiger partial charge in [-0.25, -0.2) is 13.6 Å². The fraction of sp³-hybridized carbons (Fsp3) is 0.129. The Kier molecular flexibility index (Phi) is 7.54. The number of carbonyl (C=O) groups excluding carboxylic acids is 3. The van der Waals surface area contributed by atoms with E-state index in [0.717, 1.165) is 5.56 Å². The van der Waals surface area contributed by atoms with Crippen LogP contribution in [0.4, 0.5) is 25.0 Å². The van der Waals surface area contributed by atoms with E-state index in [9.17, 15) is 23.2 Å². The van der Waals surface area contributed by atoms with Gasteiger partial charge in [-0.05, 0) is 72.6 Å². The number of benzene rings is 4. The van der Waals surface area contributed by atoms with Gasteiger partial charge in [-0.15, -0.1) is 0 Å². The van der Waals surface area contributed by atoms with Gasteiger partial charge in [-0.2, -0.15) is 0 Å². The molecule has 40 heavy (non-hydrogen) atoms. The second kappa shape index (κ2) is 11.4. The minimum Gasteiger partial charge on any atom is -0.438 e. The number of amides is 3. The summed E-state index contributed by atoms with van der Waals surface area (Å²) in [6.07, 6.45) is -1.73. The summed E-state index contributed by atoms with van der Waals surface area (Å²) < 4.78 is 32.8. The van der Waals surface area contributed by atoms with E-state index in [4.69, 9.17) is 4.74 Å². The van der Waals surface area contributed by atoms with Crippen LogP contribution in [0.3, 0.4) is 0 Å². The van der Waals surface area contributed by atoms with Crippen LogP contribution in [-0.4, -0.2) is 28.8 Å². The van der Waals surface area contributed by atoms with E-state index < -0.39 is 35.8 Å². The Balaban J connectivity index is 1.39. The number of cyclic esters (lactones) is 1. The average Bonchev–Trinajstić information content (AvgIpc) is 3.26. The topological polar surface area (TPSA) is 87.7 Å². The molecule has 202 valence electrons. The van der Waals surface area contributed by atoms with Crippen LogP contribution in [0.15, 0.2) is 97.1 Å². The summed E-state index contributed by atoms with van der Waals surface area (Å²) in [5.41, 5.74) is 3.32. The van der Waals surface area contributed by atoms with Crippen molar-refractivity contribution < 1.29 is 27.9 Å². The van der Waals surface area contributed by atoms with E-state index in [0.29, 0.717) is 22.4 Å². The molecule has 9 heteroatoms. The number of carbonyl (C=O) groups is 3. The molecular formula is C31H25F2N3O4. The van der Waals surface area contributed by atoms with Crippen molar-refractivity contribution in [3.63, 3.8) is 0 Å². The van der Waals surface area contributed by atoms with E-state index in [2.05, 4.69) is 10.6 Å². The van der Waals surface area contributed by atoms with Gasteiger partial charge in [0.05, 0.1) is 6.54 Å². The number of hydrogen-bond donors (Lipinski definition) is 2. The third kappa shape index (κ3) is 5.99. The van der Waals surface area contributed by atoms with E-state index in [1.165, 1.54) is 53.4 Å².